The summed E-state index contributed by atoms with van der Waals surface area (Å²) < 4.78 is 39.9. The van der Waals surface area contributed by atoms with Crippen LogP contribution in [0, 0.1) is 17.5 Å². The standard InChI is InChI=1S/C15H9F3N2O/c16-8-6-11(17)14(12(18)7-8)20-15(21)10-2-1-3-13-9(10)4-5-19-13/h1-7,19H,(H,20,21). The molecule has 21 heavy (non-hydrogen) atoms. The molecule has 2 N–H and O–H groups in total. The minimum absolute atomic E-state index is 0.261. The van der Waals surface area contributed by atoms with Crippen LogP contribution in [0.15, 0.2) is 42.6 Å². The Hall–Kier alpha value is -2.76. The summed E-state index contributed by atoms with van der Waals surface area (Å²) in [6.07, 6.45) is 1.65. The molecule has 0 spiro atoms. The SMILES string of the molecule is O=C(Nc1c(F)cc(F)cc1F)c1cccc2[nH]ccc12. The van der Waals surface area contributed by atoms with Crippen LogP contribution in [0.1, 0.15) is 10.4 Å². The highest BCUT2D eigenvalue weighted by atomic mass is 19.1. The lowest BCUT2D eigenvalue weighted by Crippen LogP contribution is -2.14. The first-order valence-corrected chi connectivity index (χ1v) is 6.08. The second-order valence-electron chi connectivity index (χ2n) is 4.44. The van der Waals surface area contributed by atoms with Gasteiger partial charge in [0.05, 0.1) is 0 Å². The van der Waals surface area contributed by atoms with E-state index in [2.05, 4.69) is 10.3 Å². The van der Waals surface area contributed by atoms with Crippen LogP contribution < -0.4 is 5.32 Å². The molecule has 2 aromatic carbocycles. The minimum Gasteiger partial charge on any atom is -0.361 e. The van der Waals surface area contributed by atoms with E-state index < -0.39 is 29.0 Å². The van der Waals surface area contributed by atoms with Crippen LogP contribution in [0.25, 0.3) is 10.9 Å². The zero-order valence-electron chi connectivity index (χ0n) is 10.6. The van der Waals surface area contributed by atoms with Crippen molar-refractivity contribution in [1.29, 1.82) is 0 Å². The number of hydrogen-bond donors (Lipinski definition) is 2. The largest absolute Gasteiger partial charge is 0.361 e. The summed E-state index contributed by atoms with van der Waals surface area (Å²) in [4.78, 5) is 15.1. The van der Waals surface area contributed by atoms with Crippen molar-refractivity contribution in [3.05, 3.63) is 65.6 Å². The summed E-state index contributed by atoms with van der Waals surface area (Å²) in [5.41, 5.74) is 0.313. The van der Waals surface area contributed by atoms with Crippen LogP contribution >= 0.6 is 0 Å². The topological polar surface area (TPSA) is 44.9 Å². The van der Waals surface area contributed by atoms with Crippen molar-refractivity contribution in [2.24, 2.45) is 0 Å². The molecule has 106 valence electrons. The molecule has 1 aromatic heterocycles. The van der Waals surface area contributed by atoms with Crippen LogP contribution in [-0.2, 0) is 0 Å². The Morgan fingerprint density at radius 2 is 1.76 bits per heavy atom. The molecule has 0 radical (unpaired) electrons. The zero-order valence-corrected chi connectivity index (χ0v) is 10.6. The monoisotopic (exact) mass is 290 g/mol. The van der Waals surface area contributed by atoms with E-state index in [1.807, 2.05) is 0 Å². The number of carbonyl (C=O) groups is 1. The highest BCUT2D eigenvalue weighted by Crippen LogP contribution is 2.23. The van der Waals surface area contributed by atoms with Crippen molar-refractivity contribution in [2.75, 3.05) is 5.32 Å². The van der Waals surface area contributed by atoms with E-state index in [0.717, 1.165) is 5.52 Å². The van der Waals surface area contributed by atoms with Crippen molar-refractivity contribution in [3.63, 3.8) is 0 Å². The number of anilines is 1. The molecule has 0 fully saturated rings. The fourth-order valence-corrected chi connectivity index (χ4v) is 2.13. The molecule has 0 aliphatic rings. The molecule has 1 heterocycles. The molecule has 1 amide bonds. The number of fused-ring (bicyclic) bond motifs is 1. The Morgan fingerprint density at radius 3 is 2.48 bits per heavy atom. The van der Waals surface area contributed by atoms with Crippen LogP contribution in [0.4, 0.5) is 18.9 Å². The summed E-state index contributed by atoms with van der Waals surface area (Å²) in [7, 11) is 0. The lowest BCUT2D eigenvalue weighted by atomic mass is 10.1. The van der Waals surface area contributed by atoms with Gasteiger partial charge in [-0.1, -0.05) is 6.07 Å². The summed E-state index contributed by atoms with van der Waals surface area (Å²) >= 11 is 0. The number of nitrogens with one attached hydrogen (secondary N) is 2. The van der Waals surface area contributed by atoms with Gasteiger partial charge in [0.2, 0.25) is 0 Å². The fraction of sp³-hybridized carbons (Fsp3) is 0. The number of rotatable bonds is 2. The van der Waals surface area contributed by atoms with Crippen LogP contribution in [0.5, 0.6) is 0 Å². The molecule has 6 heteroatoms. The van der Waals surface area contributed by atoms with Crippen molar-refractivity contribution in [1.82, 2.24) is 4.98 Å². The predicted octanol–water partition coefficient (Wildman–Crippen LogP) is 3.84. The molecule has 3 rings (SSSR count). The summed E-state index contributed by atoms with van der Waals surface area (Å²) in [5.74, 6) is -4.05. The summed E-state index contributed by atoms with van der Waals surface area (Å²) in [6.45, 7) is 0. The van der Waals surface area contributed by atoms with E-state index in [1.165, 1.54) is 6.07 Å². The number of aromatic nitrogens is 1. The molecular formula is C15H9F3N2O. The first kappa shape index (κ1) is 13.2. The van der Waals surface area contributed by atoms with Gasteiger partial charge in [-0.05, 0) is 18.2 Å². The molecule has 0 bridgehead atoms. The Morgan fingerprint density at radius 1 is 1.05 bits per heavy atom. The van der Waals surface area contributed by atoms with Crippen molar-refractivity contribution >= 4 is 22.5 Å². The molecule has 3 nitrogen and oxygen atoms in total. The molecule has 0 atom stereocenters. The maximum absolute atomic E-state index is 13.5. The molecular weight excluding hydrogens is 281 g/mol. The maximum Gasteiger partial charge on any atom is 0.256 e. The molecule has 0 saturated heterocycles. The molecule has 0 aliphatic heterocycles. The van der Waals surface area contributed by atoms with Crippen LogP contribution in [-0.4, -0.2) is 10.9 Å². The van der Waals surface area contributed by atoms with E-state index in [-0.39, 0.29) is 5.56 Å². The van der Waals surface area contributed by atoms with E-state index in [0.29, 0.717) is 17.5 Å². The third-order valence-corrected chi connectivity index (χ3v) is 3.08. The zero-order chi connectivity index (χ0) is 15.0. The Bertz CT molecular complexity index is 819. The smallest absolute Gasteiger partial charge is 0.256 e. The average molecular weight is 290 g/mol. The van der Waals surface area contributed by atoms with Gasteiger partial charge in [-0.15, -0.1) is 0 Å². The number of carbonyl (C=O) groups excluding carboxylic acids is 1. The highest BCUT2D eigenvalue weighted by molar-refractivity contribution is 6.12. The van der Waals surface area contributed by atoms with Crippen molar-refractivity contribution in [3.8, 4) is 0 Å². The quantitative estimate of drug-likeness (QED) is 0.740. The summed E-state index contributed by atoms with van der Waals surface area (Å²) in [6, 6.07) is 7.65. The number of benzene rings is 2. The Labute approximate surface area is 117 Å². The van der Waals surface area contributed by atoms with Gasteiger partial charge in [0.1, 0.15) is 11.5 Å². The Balaban J connectivity index is 1.99. The van der Waals surface area contributed by atoms with E-state index >= 15 is 0 Å². The predicted molar refractivity (Wildman–Crippen MR) is 72.6 cm³/mol. The maximum atomic E-state index is 13.5. The van der Waals surface area contributed by atoms with Gasteiger partial charge >= 0.3 is 0 Å². The van der Waals surface area contributed by atoms with E-state index in [4.69, 9.17) is 0 Å². The second-order valence-corrected chi connectivity index (χ2v) is 4.44. The minimum atomic E-state index is -1.16. The van der Waals surface area contributed by atoms with Crippen LogP contribution in [0.2, 0.25) is 0 Å². The first-order chi connectivity index (χ1) is 10.1. The van der Waals surface area contributed by atoms with E-state index in [1.54, 1.807) is 24.4 Å². The van der Waals surface area contributed by atoms with E-state index in [9.17, 15) is 18.0 Å². The number of halogens is 3. The van der Waals surface area contributed by atoms with Gasteiger partial charge in [-0.3, -0.25) is 4.79 Å². The first-order valence-electron chi connectivity index (χ1n) is 6.08. The van der Waals surface area contributed by atoms with Gasteiger partial charge < -0.3 is 10.3 Å². The van der Waals surface area contributed by atoms with Gasteiger partial charge in [0.25, 0.3) is 5.91 Å². The van der Waals surface area contributed by atoms with Gasteiger partial charge in [-0.25, -0.2) is 13.2 Å². The normalized spacial score (nSPS) is 10.8. The van der Waals surface area contributed by atoms with Gasteiger partial charge in [0.15, 0.2) is 11.6 Å². The lowest BCUT2D eigenvalue weighted by molar-refractivity contribution is 0.102. The summed E-state index contributed by atoms with van der Waals surface area (Å²) in [5, 5.41) is 2.76. The van der Waals surface area contributed by atoms with Crippen LogP contribution in [0.3, 0.4) is 0 Å². The highest BCUT2D eigenvalue weighted by Gasteiger charge is 2.17. The fourth-order valence-electron chi connectivity index (χ4n) is 2.13. The average Bonchev–Trinajstić information content (AvgIpc) is 2.90. The number of H-pyrrole nitrogens is 1. The molecule has 3 aromatic rings. The van der Waals surface area contributed by atoms with Gasteiger partial charge in [0, 0.05) is 34.8 Å². The van der Waals surface area contributed by atoms with Gasteiger partial charge in [-0.2, -0.15) is 0 Å². The third kappa shape index (κ3) is 2.35. The number of aromatic amines is 1. The molecule has 0 aliphatic carbocycles. The second kappa shape index (κ2) is 4.97. The molecule has 0 unspecified atom stereocenters. The molecule has 0 saturated carbocycles. The van der Waals surface area contributed by atoms with Crippen molar-refractivity contribution in [2.45, 2.75) is 0 Å². The lowest BCUT2D eigenvalue weighted by Gasteiger charge is -2.08. The van der Waals surface area contributed by atoms with Crippen molar-refractivity contribution < 1.29 is 18.0 Å². The third-order valence-electron chi connectivity index (χ3n) is 3.08. The number of hydrogen-bond acceptors (Lipinski definition) is 1. The number of amides is 1. The Kier molecular flexibility index (Phi) is 3.13.